The molecule has 0 saturated carbocycles. The number of ether oxygens (including phenoxy) is 1. The van der Waals surface area contributed by atoms with Crippen molar-refractivity contribution in [1.82, 2.24) is 4.90 Å². The molecule has 1 saturated heterocycles. The summed E-state index contributed by atoms with van der Waals surface area (Å²) in [7, 11) is -2.97. The smallest absolute Gasteiger partial charge is 0.410 e. The molecule has 0 spiro atoms. The van der Waals surface area contributed by atoms with Crippen LogP contribution in [0, 0.1) is 0 Å². The number of carbonyl (C=O) groups excluding carboxylic acids is 1. The van der Waals surface area contributed by atoms with Gasteiger partial charge in [0, 0.05) is 0 Å². The van der Waals surface area contributed by atoms with Crippen LogP contribution >= 0.6 is 0 Å². The molecular weight excluding hydrogens is 498 g/mol. The first-order valence-electron chi connectivity index (χ1n) is 12.9. The number of amides is 1. The van der Waals surface area contributed by atoms with E-state index in [2.05, 4.69) is 45.0 Å². The molecule has 0 aromatic heterocycles. The van der Waals surface area contributed by atoms with Gasteiger partial charge in [0.25, 0.3) is 8.32 Å². The molecule has 3 aromatic carbocycles. The number of nitrogens with zero attached hydrogens (tertiary/aromatic N) is 1. The maximum Gasteiger partial charge on any atom is 0.410 e. The summed E-state index contributed by atoms with van der Waals surface area (Å²) < 4.78 is 12.5. The number of aliphatic hydroxyl groups is 3. The van der Waals surface area contributed by atoms with Crippen molar-refractivity contribution in [3.8, 4) is 0 Å². The fourth-order valence-corrected chi connectivity index (χ4v) is 10.0. The van der Waals surface area contributed by atoms with Gasteiger partial charge in [-0.3, -0.25) is 4.90 Å². The van der Waals surface area contributed by atoms with Crippen molar-refractivity contribution in [2.45, 2.75) is 56.7 Å². The SMILES string of the molecule is CC(C)(C)[Si](OC[C@H]1[C@H](O)[C@H](O)[C@H](CO)N1C(=O)OCc1ccccc1)(c1ccccc1)c1ccccc1. The predicted molar refractivity (Wildman–Crippen MR) is 149 cm³/mol. The van der Waals surface area contributed by atoms with E-state index in [4.69, 9.17) is 9.16 Å². The highest BCUT2D eigenvalue weighted by molar-refractivity contribution is 6.99. The van der Waals surface area contributed by atoms with E-state index < -0.39 is 45.3 Å². The molecule has 0 unspecified atom stereocenters. The first-order valence-corrected chi connectivity index (χ1v) is 14.8. The van der Waals surface area contributed by atoms with Crippen molar-refractivity contribution in [2.75, 3.05) is 13.2 Å². The highest BCUT2D eigenvalue weighted by Gasteiger charge is 2.54. The molecule has 1 amide bonds. The van der Waals surface area contributed by atoms with Crippen molar-refractivity contribution >= 4 is 24.8 Å². The van der Waals surface area contributed by atoms with Crippen LogP contribution < -0.4 is 10.4 Å². The summed E-state index contributed by atoms with van der Waals surface area (Å²) in [6.07, 6.45) is -3.37. The molecule has 1 heterocycles. The Morgan fingerprint density at radius 3 is 1.76 bits per heavy atom. The minimum atomic E-state index is -2.97. The van der Waals surface area contributed by atoms with E-state index in [0.717, 1.165) is 15.9 Å². The summed E-state index contributed by atoms with van der Waals surface area (Å²) in [6.45, 7) is 5.89. The van der Waals surface area contributed by atoms with E-state index in [0.29, 0.717) is 0 Å². The molecule has 0 aliphatic carbocycles. The van der Waals surface area contributed by atoms with E-state index in [-0.39, 0.29) is 18.3 Å². The molecule has 1 aliphatic heterocycles. The number of hydrogen-bond donors (Lipinski definition) is 3. The van der Waals surface area contributed by atoms with Gasteiger partial charge in [-0.15, -0.1) is 0 Å². The molecule has 202 valence electrons. The van der Waals surface area contributed by atoms with E-state index >= 15 is 0 Å². The number of hydrogen-bond acceptors (Lipinski definition) is 6. The number of likely N-dealkylation sites (tertiary alicyclic amines) is 1. The van der Waals surface area contributed by atoms with Crippen molar-refractivity contribution in [1.29, 1.82) is 0 Å². The predicted octanol–water partition coefficient (Wildman–Crippen LogP) is 2.67. The lowest BCUT2D eigenvalue weighted by Crippen LogP contribution is -2.67. The summed E-state index contributed by atoms with van der Waals surface area (Å²) in [5.41, 5.74) is 0.807. The molecule has 4 atom stereocenters. The third kappa shape index (κ3) is 5.41. The zero-order valence-electron chi connectivity index (χ0n) is 22.1. The fraction of sp³-hybridized carbons (Fsp3) is 0.367. The summed E-state index contributed by atoms with van der Waals surface area (Å²) in [6, 6.07) is 27.4. The average molecular weight is 536 g/mol. The van der Waals surface area contributed by atoms with Crippen LogP contribution in [0.4, 0.5) is 4.79 Å². The molecule has 4 rings (SSSR count). The van der Waals surface area contributed by atoms with Crippen LogP contribution in [0.5, 0.6) is 0 Å². The van der Waals surface area contributed by atoms with Crippen LogP contribution in [0.1, 0.15) is 26.3 Å². The highest BCUT2D eigenvalue weighted by Crippen LogP contribution is 2.38. The number of carbonyl (C=O) groups is 1. The molecule has 0 bridgehead atoms. The van der Waals surface area contributed by atoms with Gasteiger partial charge in [0.2, 0.25) is 0 Å². The summed E-state index contributed by atoms with van der Waals surface area (Å²) in [5.74, 6) is 0. The van der Waals surface area contributed by atoms with E-state index in [9.17, 15) is 20.1 Å². The van der Waals surface area contributed by atoms with E-state index in [1.54, 1.807) is 0 Å². The van der Waals surface area contributed by atoms with Crippen LogP contribution in [0.2, 0.25) is 5.04 Å². The van der Waals surface area contributed by atoms with Crippen LogP contribution in [0.3, 0.4) is 0 Å². The van der Waals surface area contributed by atoms with Crippen LogP contribution in [-0.2, 0) is 15.8 Å². The normalized spacial score (nSPS) is 21.9. The zero-order chi connectivity index (χ0) is 27.3. The van der Waals surface area contributed by atoms with Crippen LogP contribution in [-0.4, -0.2) is 72.1 Å². The van der Waals surface area contributed by atoms with Gasteiger partial charge in [-0.2, -0.15) is 0 Å². The quantitative estimate of drug-likeness (QED) is 0.384. The largest absolute Gasteiger partial charge is 0.445 e. The average Bonchev–Trinajstić information content (AvgIpc) is 3.17. The molecule has 3 N–H and O–H groups in total. The third-order valence-electron chi connectivity index (χ3n) is 7.34. The van der Waals surface area contributed by atoms with Gasteiger partial charge in [0.05, 0.1) is 25.3 Å². The number of rotatable bonds is 8. The number of benzene rings is 3. The van der Waals surface area contributed by atoms with Crippen molar-refractivity contribution in [3.05, 3.63) is 96.6 Å². The molecular formula is C30H37NO6Si. The van der Waals surface area contributed by atoms with Crippen molar-refractivity contribution < 1.29 is 29.3 Å². The second-order valence-corrected chi connectivity index (χ2v) is 15.0. The lowest BCUT2D eigenvalue weighted by Gasteiger charge is -2.44. The first kappa shape index (κ1) is 28.0. The van der Waals surface area contributed by atoms with Gasteiger partial charge in [-0.05, 0) is 21.0 Å². The fourth-order valence-electron chi connectivity index (χ4n) is 5.44. The lowest BCUT2D eigenvalue weighted by atomic mass is 10.1. The van der Waals surface area contributed by atoms with Crippen LogP contribution in [0.15, 0.2) is 91.0 Å². The lowest BCUT2D eigenvalue weighted by molar-refractivity contribution is 0.0138. The van der Waals surface area contributed by atoms with Gasteiger partial charge in [-0.25, -0.2) is 4.79 Å². The third-order valence-corrected chi connectivity index (χ3v) is 12.3. The van der Waals surface area contributed by atoms with Crippen LogP contribution in [0.25, 0.3) is 0 Å². The second-order valence-electron chi connectivity index (χ2n) is 10.7. The van der Waals surface area contributed by atoms with Crippen molar-refractivity contribution in [2.24, 2.45) is 0 Å². The second kappa shape index (κ2) is 11.8. The molecule has 1 aliphatic rings. The Morgan fingerprint density at radius 2 is 1.29 bits per heavy atom. The topological polar surface area (TPSA) is 99.5 Å². The molecule has 38 heavy (non-hydrogen) atoms. The van der Waals surface area contributed by atoms with Gasteiger partial charge in [0.1, 0.15) is 18.8 Å². The Kier molecular flexibility index (Phi) is 8.70. The zero-order valence-corrected chi connectivity index (χ0v) is 23.1. The molecule has 0 radical (unpaired) electrons. The monoisotopic (exact) mass is 535 g/mol. The van der Waals surface area contributed by atoms with Gasteiger partial charge < -0.3 is 24.5 Å². The Bertz CT molecular complexity index is 1130. The highest BCUT2D eigenvalue weighted by atomic mass is 28.4. The summed E-state index contributed by atoms with van der Waals surface area (Å²) >= 11 is 0. The summed E-state index contributed by atoms with van der Waals surface area (Å²) in [5, 5.41) is 33.6. The van der Waals surface area contributed by atoms with E-state index in [1.807, 2.05) is 66.7 Å². The first-order chi connectivity index (χ1) is 18.2. The molecule has 7 nitrogen and oxygen atoms in total. The molecule has 1 fully saturated rings. The van der Waals surface area contributed by atoms with E-state index in [1.165, 1.54) is 4.90 Å². The Hall–Kier alpha value is -3.01. The Labute approximate surface area is 225 Å². The minimum absolute atomic E-state index is 0.0306. The summed E-state index contributed by atoms with van der Waals surface area (Å²) in [4.78, 5) is 14.5. The Morgan fingerprint density at radius 1 is 0.816 bits per heavy atom. The Balaban J connectivity index is 1.67. The maximum absolute atomic E-state index is 13.3. The van der Waals surface area contributed by atoms with Gasteiger partial charge >= 0.3 is 6.09 Å². The number of aliphatic hydroxyl groups excluding tert-OH is 3. The van der Waals surface area contributed by atoms with Crippen molar-refractivity contribution in [3.63, 3.8) is 0 Å². The molecule has 8 heteroatoms. The molecule has 3 aromatic rings. The standard InChI is InChI=1S/C30H37NO6Si/c1-30(2,3)38(23-15-9-5-10-16-23,24-17-11-6-12-18-24)37-21-26-28(34)27(33)25(19-32)31(26)29(35)36-20-22-13-7-4-8-14-22/h4-18,25-28,32-34H,19-21H2,1-3H3/t25-,26-,27+,28-/m0/s1. The van der Waals surface area contributed by atoms with Gasteiger partial charge in [-0.1, -0.05) is 112 Å². The van der Waals surface area contributed by atoms with Gasteiger partial charge in [0.15, 0.2) is 0 Å². The maximum atomic E-state index is 13.3. The minimum Gasteiger partial charge on any atom is -0.445 e.